The standard InChI is InChI=1S/C34H50N4O8S2/c1-4-47-33(41)36-17-9-8-16-34(2,3)23-38(48(42,43)26-14-10-13-25(35)20-26)21-29(39)28(19-24-11-6-5-7-12-24)37-32(40)46-30-22-45-31-27(30)15-18-44-31/h5-7,10-14,20,27-31,39H,4,8-9,15-19,21-23,35H2,1-3H3,(H,36,41)(H,37,40)/t27-,28-,29+,30-,31+/m0/s1. The van der Waals surface area contributed by atoms with Gasteiger partial charge in [-0.3, -0.25) is 4.79 Å². The molecular weight excluding hydrogens is 657 g/mol. The number of unbranched alkanes of at least 4 members (excludes halogenated alkanes) is 1. The van der Waals surface area contributed by atoms with Crippen LogP contribution in [-0.2, 0) is 30.7 Å². The first kappa shape index (κ1) is 37.9. The minimum atomic E-state index is -4.11. The highest BCUT2D eigenvalue weighted by atomic mass is 32.2. The van der Waals surface area contributed by atoms with Crippen LogP contribution in [0.1, 0.15) is 52.0 Å². The monoisotopic (exact) mass is 706 g/mol. The number of nitrogens with two attached hydrogens (primary N) is 1. The third-order valence-corrected chi connectivity index (χ3v) is 11.1. The highest BCUT2D eigenvalue weighted by Gasteiger charge is 2.44. The van der Waals surface area contributed by atoms with Crippen molar-refractivity contribution in [2.75, 3.05) is 44.3 Å². The van der Waals surface area contributed by atoms with Gasteiger partial charge in [0.1, 0.15) is 6.10 Å². The lowest BCUT2D eigenvalue weighted by molar-refractivity contribution is -0.0907. The normalized spacial score (nSPS) is 20.6. The van der Waals surface area contributed by atoms with Gasteiger partial charge in [-0.15, -0.1) is 0 Å². The molecule has 12 nitrogen and oxygen atoms in total. The number of hydrogen-bond acceptors (Lipinski definition) is 10. The van der Waals surface area contributed by atoms with Crippen LogP contribution in [-0.4, -0.2) is 92.3 Å². The highest BCUT2D eigenvalue weighted by molar-refractivity contribution is 8.13. The Hall–Kier alpha value is -2.88. The van der Waals surface area contributed by atoms with Crippen LogP contribution < -0.4 is 16.4 Å². The van der Waals surface area contributed by atoms with Crippen molar-refractivity contribution in [1.29, 1.82) is 0 Å². The molecule has 5 N–H and O–H groups in total. The Morgan fingerprint density at radius 2 is 1.92 bits per heavy atom. The zero-order valence-electron chi connectivity index (χ0n) is 28.0. The lowest BCUT2D eigenvalue weighted by Gasteiger charge is -2.35. The Bertz CT molecular complexity index is 1450. The average Bonchev–Trinajstić information content (AvgIpc) is 3.66. The number of amides is 2. The van der Waals surface area contributed by atoms with Crippen LogP contribution in [0, 0.1) is 11.3 Å². The SMILES string of the molecule is CCSC(=O)NCCCCC(C)(C)CN(C[C@@H](O)[C@H](Cc1ccccc1)NC(=O)O[C@H]1CO[C@H]2OCC[C@H]21)S(=O)(=O)c1cccc(N)c1. The lowest BCUT2D eigenvalue weighted by Crippen LogP contribution is -2.52. The molecule has 2 aliphatic heterocycles. The van der Waals surface area contributed by atoms with Crippen LogP contribution >= 0.6 is 11.8 Å². The van der Waals surface area contributed by atoms with Gasteiger partial charge in [-0.2, -0.15) is 4.31 Å². The smallest absolute Gasteiger partial charge is 0.407 e. The number of sulfonamides is 1. The minimum absolute atomic E-state index is 0.0168. The van der Waals surface area contributed by atoms with Crippen LogP contribution in [0.4, 0.5) is 15.3 Å². The number of nitrogen functional groups attached to an aromatic ring is 1. The number of hydrogen-bond donors (Lipinski definition) is 4. The zero-order chi connectivity index (χ0) is 34.7. The van der Waals surface area contributed by atoms with Gasteiger partial charge >= 0.3 is 6.09 Å². The number of carbonyl (C=O) groups excluding carboxylic acids is 2. The molecule has 2 amide bonds. The number of benzene rings is 2. The number of fused-ring (bicyclic) bond motifs is 1. The van der Waals surface area contributed by atoms with Gasteiger partial charge in [0.25, 0.3) is 5.24 Å². The number of alkyl carbamates (subject to hydrolysis) is 1. The maximum absolute atomic E-state index is 14.1. The molecule has 2 fully saturated rings. The van der Waals surface area contributed by atoms with E-state index in [1.165, 1.54) is 28.2 Å². The number of anilines is 1. The summed E-state index contributed by atoms with van der Waals surface area (Å²) in [5.74, 6) is 0.650. The van der Waals surface area contributed by atoms with Gasteiger partial charge in [-0.05, 0) is 60.6 Å². The lowest BCUT2D eigenvalue weighted by atomic mass is 9.87. The maximum atomic E-state index is 14.1. The summed E-state index contributed by atoms with van der Waals surface area (Å²) in [7, 11) is -4.11. The molecule has 0 spiro atoms. The van der Waals surface area contributed by atoms with Crippen molar-refractivity contribution in [1.82, 2.24) is 14.9 Å². The molecule has 2 aromatic rings. The Balaban J connectivity index is 1.50. The second-order valence-electron chi connectivity index (χ2n) is 13.1. The molecule has 2 heterocycles. The van der Waals surface area contributed by atoms with E-state index in [9.17, 15) is 23.1 Å². The van der Waals surface area contributed by atoms with Crippen molar-refractivity contribution in [3.05, 3.63) is 60.2 Å². The van der Waals surface area contributed by atoms with E-state index in [1.807, 2.05) is 51.1 Å². The van der Waals surface area contributed by atoms with Gasteiger partial charge in [0.15, 0.2) is 6.29 Å². The Morgan fingerprint density at radius 3 is 2.65 bits per heavy atom. The van der Waals surface area contributed by atoms with Crippen molar-refractivity contribution in [2.45, 2.75) is 82.3 Å². The molecule has 14 heteroatoms. The number of nitrogens with one attached hydrogen (secondary N) is 2. The highest BCUT2D eigenvalue weighted by Crippen LogP contribution is 2.33. The molecule has 266 valence electrons. The molecule has 5 atom stereocenters. The third kappa shape index (κ3) is 11.1. The van der Waals surface area contributed by atoms with Gasteiger partial charge in [0, 0.05) is 25.3 Å². The van der Waals surface area contributed by atoms with Crippen LogP contribution in [0.25, 0.3) is 0 Å². The average molecular weight is 707 g/mol. The molecule has 48 heavy (non-hydrogen) atoms. The van der Waals surface area contributed by atoms with E-state index in [1.54, 1.807) is 12.1 Å². The van der Waals surface area contributed by atoms with Gasteiger partial charge < -0.3 is 35.7 Å². The predicted octanol–water partition coefficient (Wildman–Crippen LogP) is 4.38. The maximum Gasteiger partial charge on any atom is 0.407 e. The molecule has 2 aliphatic rings. The van der Waals surface area contributed by atoms with Crippen LogP contribution in [0.5, 0.6) is 0 Å². The van der Waals surface area contributed by atoms with Crippen molar-refractivity contribution in [3.63, 3.8) is 0 Å². The molecule has 0 unspecified atom stereocenters. The molecule has 0 radical (unpaired) electrons. The van der Waals surface area contributed by atoms with E-state index in [2.05, 4.69) is 10.6 Å². The summed E-state index contributed by atoms with van der Waals surface area (Å²) in [4.78, 5) is 25.0. The van der Waals surface area contributed by atoms with E-state index in [0.29, 0.717) is 31.0 Å². The van der Waals surface area contributed by atoms with E-state index in [4.69, 9.17) is 19.9 Å². The number of thioether (sulfide) groups is 1. The van der Waals surface area contributed by atoms with Crippen molar-refractivity contribution in [2.24, 2.45) is 11.3 Å². The molecule has 0 saturated carbocycles. The number of aliphatic hydroxyl groups excluding tert-OH is 1. The first-order valence-electron chi connectivity index (χ1n) is 16.6. The number of carbonyl (C=O) groups is 2. The number of aliphatic hydroxyl groups is 1. The van der Waals surface area contributed by atoms with E-state index >= 15 is 0 Å². The fourth-order valence-corrected chi connectivity index (χ4v) is 8.26. The summed E-state index contributed by atoms with van der Waals surface area (Å²) < 4.78 is 46.4. The first-order valence-corrected chi connectivity index (χ1v) is 19.0. The largest absolute Gasteiger partial charge is 0.443 e. The number of ether oxygens (including phenoxy) is 3. The Kier molecular flexibility index (Phi) is 14.0. The number of rotatable bonds is 17. The summed E-state index contributed by atoms with van der Waals surface area (Å²) in [6.45, 7) is 6.99. The minimum Gasteiger partial charge on any atom is -0.443 e. The Labute approximate surface area is 288 Å². The van der Waals surface area contributed by atoms with Gasteiger partial charge in [-0.1, -0.05) is 75.4 Å². The summed E-state index contributed by atoms with van der Waals surface area (Å²) in [5.41, 5.74) is 6.63. The van der Waals surface area contributed by atoms with Crippen LogP contribution in [0.15, 0.2) is 59.5 Å². The molecule has 2 saturated heterocycles. The molecule has 0 aliphatic carbocycles. The second-order valence-corrected chi connectivity index (χ2v) is 16.3. The topological polar surface area (TPSA) is 170 Å². The molecule has 2 aromatic carbocycles. The van der Waals surface area contributed by atoms with Gasteiger partial charge in [0.05, 0.1) is 36.2 Å². The number of nitrogens with zero attached hydrogens (tertiary/aromatic N) is 1. The Morgan fingerprint density at radius 1 is 1.15 bits per heavy atom. The van der Waals surface area contributed by atoms with Crippen LogP contribution in [0.3, 0.4) is 0 Å². The van der Waals surface area contributed by atoms with E-state index in [-0.39, 0.29) is 48.5 Å². The summed E-state index contributed by atoms with van der Waals surface area (Å²) in [6, 6.07) is 14.6. The summed E-state index contributed by atoms with van der Waals surface area (Å²) in [5, 5.41) is 17.4. The first-order chi connectivity index (χ1) is 22.9. The quantitative estimate of drug-likeness (QED) is 0.137. The zero-order valence-corrected chi connectivity index (χ0v) is 29.6. The van der Waals surface area contributed by atoms with E-state index in [0.717, 1.165) is 24.8 Å². The van der Waals surface area contributed by atoms with Crippen molar-refractivity contribution in [3.8, 4) is 0 Å². The molecular formula is C34H50N4O8S2. The van der Waals surface area contributed by atoms with Gasteiger partial charge in [0.2, 0.25) is 10.0 Å². The third-order valence-electron chi connectivity index (χ3n) is 8.63. The molecule has 0 aromatic heterocycles. The second kappa shape index (κ2) is 17.7. The van der Waals surface area contributed by atoms with E-state index < -0.39 is 39.8 Å². The molecule has 4 rings (SSSR count). The summed E-state index contributed by atoms with van der Waals surface area (Å²) >= 11 is 1.23. The predicted molar refractivity (Wildman–Crippen MR) is 186 cm³/mol. The summed E-state index contributed by atoms with van der Waals surface area (Å²) in [6.07, 6.45) is 0.270. The van der Waals surface area contributed by atoms with Crippen molar-refractivity contribution < 1.29 is 37.3 Å². The van der Waals surface area contributed by atoms with Crippen molar-refractivity contribution >= 4 is 38.8 Å². The fourth-order valence-electron chi connectivity index (χ4n) is 6.09. The fraction of sp³-hybridized carbons (Fsp3) is 0.588. The molecule has 0 bridgehead atoms. The van der Waals surface area contributed by atoms with Crippen LogP contribution in [0.2, 0.25) is 0 Å². The van der Waals surface area contributed by atoms with Gasteiger partial charge in [-0.25, -0.2) is 13.2 Å².